The Bertz CT molecular complexity index is 725. The second-order valence-corrected chi connectivity index (χ2v) is 7.12. The van der Waals surface area contributed by atoms with Crippen LogP contribution >= 0.6 is 0 Å². The second-order valence-electron chi connectivity index (χ2n) is 7.12. The van der Waals surface area contributed by atoms with Crippen LogP contribution in [0.15, 0.2) is 36.0 Å². The Hall–Kier alpha value is -2.35. The third kappa shape index (κ3) is 7.53. The number of carbonyl (C=O) groups is 1. The Balaban J connectivity index is 3.15. The van der Waals surface area contributed by atoms with E-state index in [0.29, 0.717) is 19.2 Å². The molecule has 1 amide bonds. The first-order valence-electron chi connectivity index (χ1n) is 9.73. The molecule has 0 radical (unpaired) electrons. The van der Waals surface area contributed by atoms with E-state index in [2.05, 4.69) is 4.90 Å². The van der Waals surface area contributed by atoms with Gasteiger partial charge in [-0.05, 0) is 36.2 Å². The molecule has 0 aliphatic rings. The summed E-state index contributed by atoms with van der Waals surface area (Å²) in [6.45, 7) is 10.8. The molecule has 162 valence electrons. The number of hydrogen-bond acceptors (Lipinski definition) is 4. The first kappa shape index (κ1) is 24.7. The highest BCUT2D eigenvalue weighted by Gasteiger charge is 2.33. The third-order valence-corrected chi connectivity index (χ3v) is 4.76. The molecular formula is C21H31F3N4O. The first-order chi connectivity index (χ1) is 13.5. The highest BCUT2D eigenvalue weighted by Crippen LogP contribution is 2.22. The fourth-order valence-electron chi connectivity index (χ4n) is 2.98. The number of nitrogens with one attached hydrogen (secondary N) is 1. The van der Waals surface area contributed by atoms with Crippen LogP contribution in [0.4, 0.5) is 13.2 Å². The Morgan fingerprint density at radius 1 is 1.17 bits per heavy atom. The molecule has 0 aliphatic heterocycles. The van der Waals surface area contributed by atoms with Gasteiger partial charge in [-0.25, -0.2) is 0 Å². The van der Waals surface area contributed by atoms with Crippen molar-refractivity contribution in [2.75, 3.05) is 26.2 Å². The van der Waals surface area contributed by atoms with Crippen molar-refractivity contribution in [3.05, 3.63) is 47.2 Å². The molecule has 0 saturated carbocycles. The van der Waals surface area contributed by atoms with Gasteiger partial charge in [0.25, 0.3) is 5.91 Å². The van der Waals surface area contributed by atoms with E-state index in [1.165, 1.54) is 4.90 Å². The molecule has 0 fully saturated rings. The van der Waals surface area contributed by atoms with E-state index < -0.39 is 23.5 Å². The van der Waals surface area contributed by atoms with E-state index in [9.17, 15) is 18.0 Å². The Morgan fingerprint density at radius 2 is 1.76 bits per heavy atom. The van der Waals surface area contributed by atoms with E-state index in [0.717, 1.165) is 24.2 Å². The molecule has 0 spiro atoms. The number of halogens is 3. The average Bonchev–Trinajstić information content (AvgIpc) is 2.66. The fourth-order valence-corrected chi connectivity index (χ4v) is 2.98. The van der Waals surface area contributed by atoms with Crippen LogP contribution in [0.5, 0.6) is 0 Å². The molecule has 1 rings (SSSR count). The van der Waals surface area contributed by atoms with Crippen molar-refractivity contribution in [1.82, 2.24) is 9.80 Å². The normalized spacial score (nSPS) is 12.5. The summed E-state index contributed by atoms with van der Waals surface area (Å²) in [6, 6.07) is 7.67. The molecule has 1 aromatic rings. The molecule has 8 heteroatoms. The predicted octanol–water partition coefficient (Wildman–Crippen LogP) is 3.91. The van der Waals surface area contributed by atoms with Gasteiger partial charge in [0.2, 0.25) is 0 Å². The molecule has 0 aliphatic carbocycles. The van der Waals surface area contributed by atoms with Gasteiger partial charge in [0, 0.05) is 19.6 Å². The molecule has 0 unspecified atom stereocenters. The molecule has 0 heterocycles. The van der Waals surface area contributed by atoms with Gasteiger partial charge in [0.05, 0.1) is 5.70 Å². The summed E-state index contributed by atoms with van der Waals surface area (Å²) in [4.78, 5) is 16.4. The zero-order valence-corrected chi connectivity index (χ0v) is 17.5. The minimum atomic E-state index is -4.85. The zero-order chi connectivity index (χ0) is 22.2. The van der Waals surface area contributed by atoms with Gasteiger partial charge in [-0.15, -0.1) is 0 Å². The molecule has 0 saturated heterocycles. The number of nitrogens with two attached hydrogens (primary N) is 1. The third-order valence-electron chi connectivity index (χ3n) is 4.76. The lowest BCUT2D eigenvalue weighted by molar-refractivity contribution is -0.128. The van der Waals surface area contributed by atoms with Crippen LogP contribution in [0, 0.1) is 5.41 Å². The van der Waals surface area contributed by atoms with Crippen LogP contribution in [-0.2, 0) is 11.3 Å². The van der Waals surface area contributed by atoms with Crippen LogP contribution in [0.25, 0.3) is 0 Å². The van der Waals surface area contributed by atoms with Gasteiger partial charge in [-0.2, -0.15) is 13.2 Å². The maximum atomic E-state index is 12.8. The van der Waals surface area contributed by atoms with Crippen LogP contribution < -0.4 is 5.73 Å². The van der Waals surface area contributed by atoms with Crippen LogP contribution in [0.2, 0.25) is 0 Å². The van der Waals surface area contributed by atoms with Gasteiger partial charge in [0.15, 0.2) is 0 Å². The lowest BCUT2D eigenvalue weighted by Crippen LogP contribution is -2.40. The lowest BCUT2D eigenvalue weighted by atomic mass is 9.97. The second kappa shape index (κ2) is 11.0. The number of likely N-dealkylation sites (N-methyl/N-ethyl adjacent to an activating group) is 1. The van der Waals surface area contributed by atoms with Gasteiger partial charge in [-0.3, -0.25) is 10.2 Å². The number of carbonyl (C=O) groups excluding carboxylic acids is 1. The quantitative estimate of drug-likeness (QED) is 0.452. The summed E-state index contributed by atoms with van der Waals surface area (Å²) in [7, 11) is 0. The summed E-state index contributed by atoms with van der Waals surface area (Å²) < 4.78 is 38.0. The first-order valence-corrected chi connectivity index (χ1v) is 9.73. The van der Waals surface area contributed by atoms with Crippen LogP contribution in [-0.4, -0.2) is 53.8 Å². The number of alkyl halides is 3. The number of amides is 1. The minimum Gasteiger partial charge on any atom is -0.394 e. The molecule has 5 nitrogen and oxygen atoms in total. The summed E-state index contributed by atoms with van der Waals surface area (Å²) in [6.07, 6.45) is -4.46. The monoisotopic (exact) mass is 412 g/mol. The number of allylic oxidation sites excluding steroid dienone is 1. The summed E-state index contributed by atoms with van der Waals surface area (Å²) in [5, 5.41) is 7.09. The summed E-state index contributed by atoms with van der Waals surface area (Å²) in [5.41, 5.74) is 5.41. The zero-order valence-electron chi connectivity index (χ0n) is 17.5. The van der Waals surface area contributed by atoms with Crippen molar-refractivity contribution in [2.24, 2.45) is 5.73 Å². The van der Waals surface area contributed by atoms with Crippen molar-refractivity contribution in [3.8, 4) is 0 Å². The molecule has 3 N–H and O–H groups in total. The van der Waals surface area contributed by atoms with Crippen molar-refractivity contribution in [2.45, 2.75) is 46.3 Å². The molecule has 29 heavy (non-hydrogen) atoms. The van der Waals surface area contributed by atoms with E-state index in [4.69, 9.17) is 11.1 Å². The molecule has 0 atom stereocenters. The molecule has 0 bridgehead atoms. The summed E-state index contributed by atoms with van der Waals surface area (Å²) in [5.74, 6) is -0.470. The van der Waals surface area contributed by atoms with Crippen LogP contribution in [0.1, 0.15) is 44.7 Å². The lowest BCUT2D eigenvalue weighted by Gasteiger charge is -2.28. The van der Waals surface area contributed by atoms with E-state index in [1.807, 2.05) is 52.0 Å². The topological polar surface area (TPSA) is 73.4 Å². The Morgan fingerprint density at radius 3 is 2.28 bits per heavy atom. The predicted molar refractivity (Wildman–Crippen MR) is 110 cm³/mol. The maximum absolute atomic E-state index is 12.8. The number of nitrogens with zero attached hydrogens (tertiary/aromatic N) is 2. The van der Waals surface area contributed by atoms with Crippen molar-refractivity contribution >= 4 is 11.6 Å². The Kier molecular flexibility index (Phi) is 9.36. The molecule has 1 aromatic carbocycles. The minimum absolute atomic E-state index is 0.234. The smallest absolute Gasteiger partial charge is 0.394 e. The highest BCUT2D eigenvalue weighted by atomic mass is 19.4. The maximum Gasteiger partial charge on any atom is 0.432 e. The SMILES string of the molecule is CCN(CC)CCN(Cc1ccccc1C(C)C)C(=O)/C(N)=C/C(=N)C(F)(F)F. The van der Waals surface area contributed by atoms with Gasteiger partial charge in [-0.1, -0.05) is 52.0 Å². The van der Waals surface area contributed by atoms with Crippen molar-refractivity contribution in [1.29, 1.82) is 5.41 Å². The molecule has 0 aromatic heterocycles. The van der Waals surface area contributed by atoms with Crippen LogP contribution in [0.3, 0.4) is 0 Å². The number of benzene rings is 1. The summed E-state index contributed by atoms with van der Waals surface area (Å²) >= 11 is 0. The standard InChI is InChI=1S/C21H31F3N4O/c1-5-27(6-2)11-12-28(14-16-9-7-8-10-17(16)15(3)4)20(29)18(25)13-19(26)21(22,23)24/h7-10,13,15,26H,5-6,11-12,14,25H2,1-4H3/b18-13-,26-19?. The highest BCUT2D eigenvalue weighted by molar-refractivity contribution is 6.04. The molecular weight excluding hydrogens is 381 g/mol. The van der Waals surface area contributed by atoms with E-state index in [1.54, 1.807) is 0 Å². The average molecular weight is 413 g/mol. The fraction of sp³-hybridized carbons (Fsp3) is 0.524. The van der Waals surface area contributed by atoms with Crippen molar-refractivity contribution in [3.63, 3.8) is 0 Å². The Labute approximate surface area is 170 Å². The van der Waals surface area contributed by atoms with E-state index in [-0.39, 0.29) is 12.5 Å². The van der Waals surface area contributed by atoms with Gasteiger partial charge >= 0.3 is 6.18 Å². The van der Waals surface area contributed by atoms with Crippen molar-refractivity contribution < 1.29 is 18.0 Å². The number of rotatable bonds is 10. The number of hydrogen-bond donors (Lipinski definition) is 2. The van der Waals surface area contributed by atoms with Gasteiger partial charge in [0.1, 0.15) is 5.71 Å². The van der Waals surface area contributed by atoms with E-state index >= 15 is 0 Å². The van der Waals surface area contributed by atoms with Gasteiger partial charge < -0.3 is 15.5 Å². The largest absolute Gasteiger partial charge is 0.432 e.